The third kappa shape index (κ3) is 3.67. The SMILES string of the molecule is c1ccc(-n2cnc(Nc3cc(N4CCCC4c4ccccn4)ccn3)n2)cc1. The molecule has 5 rings (SSSR count). The standard InChI is InChI=1S/C22H21N7/c1-2-7-17(8-3-1)29-16-25-22(27-29)26-21-15-18(11-13-24-21)28-14-6-10-20(28)19-9-4-5-12-23-19/h1-5,7-9,11-13,15-16,20H,6,10,14H2,(H,24,26,27). The van der Waals surface area contributed by atoms with Gasteiger partial charge >= 0.3 is 0 Å². The second-order valence-electron chi connectivity index (χ2n) is 6.98. The van der Waals surface area contributed by atoms with E-state index in [1.165, 1.54) is 0 Å². The van der Waals surface area contributed by atoms with E-state index in [-0.39, 0.29) is 0 Å². The largest absolute Gasteiger partial charge is 0.363 e. The highest BCUT2D eigenvalue weighted by molar-refractivity contribution is 5.59. The van der Waals surface area contributed by atoms with Crippen molar-refractivity contribution < 1.29 is 0 Å². The number of aromatic nitrogens is 5. The molecule has 1 atom stereocenters. The Labute approximate surface area is 169 Å². The van der Waals surface area contributed by atoms with Crippen LogP contribution < -0.4 is 10.2 Å². The zero-order valence-electron chi connectivity index (χ0n) is 15.9. The van der Waals surface area contributed by atoms with E-state index < -0.39 is 0 Å². The van der Waals surface area contributed by atoms with Crippen LogP contribution in [0, 0.1) is 0 Å². The molecule has 1 aromatic carbocycles. The number of anilines is 3. The predicted octanol–water partition coefficient (Wildman–Crippen LogP) is 4.14. The van der Waals surface area contributed by atoms with Crippen LogP contribution in [0.3, 0.4) is 0 Å². The van der Waals surface area contributed by atoms with Gasteiger partial charge in [0.1, 0.15) is 12.1 Å². The van der Waals surface area contributed by atoms with E-state index in [2.05, 4.69) is 36.3 Å². The average molecular weight is 383 g/mol. The van der Waals surface area contributed by atoms with Gasteiger partial charge < -0.3 is 10.2 Å². The van der Waals surface area contributed by atoms with Crippen molar-refractivity contribution >= 4 is 17.5 Å². The fourth-order valence-corrected chi connectivity index (χ4v) is 3.76. The molecule has 0 amide bonds. The van der Waals surface area contributed by atoms with Crippen LogP contribution in [0.4, 0.5) is 17.5 Å². The van der Waals surface area contributed by atoms with Gasteiger partial charge in [0, 0.05) is 30.7 Å². The van der Waals surface area contributed by atoms with Crippen LogP contribution in [-0.2, 0) is 0 Å². The van der Waals surface area contributed by atoms with Crippen LogP contribution in [0.1, 0.15) is 24.6 Å². The Bertz CT molecular complexity index is 1080. The molecule has 3 aromatic heterocycles. The molecule has 4 heterocycles. The van der Waals surface area contributed by atoms with E-state index in [9.17, 15) is 0 Å². The van der Waals surface area contributed by atoms with Crippen molar-refractivity contribution in [2.24, 2.45) is 0 Å². The molecule has 1 aliphatic rings. The van der Waals surface area contributed by atoms with Crippen LogP contribution in [0.2, 0.25) is 0 Å². The first kappa shape index (κ1) is 17.4. The predicted molar refractivity (Wildman–Crippen MR) is 112 cm³/mol. The second kappa shape index (κ2) is 7.71. The van der Waals surface area contributed by atoms with Crippen molar-refractivity contribution in [3.05, 3.63) is 85.1 Å². The minimum atomic E-state index is 0.293. The number of para-hydroxylation sites is 1. The van der Waals surface area contributed by atoms with Crippen molar-refractivity contribution in [2.75, 3.05) is 16.8 Å². The summed E-state index contributed by atoms with van der Waals surface area (Å²) in [6, 6.07) is 20.4. The minimum absolute atomic E-state index is 0.293. The Kier molecular flexibility index (Phi) is 4.62. The van der Waals surface area contributed by atoms with Gasteiger partial charge in [-0.1, -0.05) is 24.3 Å². The van der Waals surface area contributed by atoms with Crippen LogP contribution in [0.15, 0.2) is 79.4 Å². The number of nitrogens with one attached hydrogen (secondary N) is 1. The summed E-state index contributed by atoms with van der Waals surface area (Å²) in [6.07, 6.45) is 7.62. The van der Waals surface area contributed by atoms with Crippen LogP contribution in [0.5, 0.6) is 0 Å². The maximum Gasteiger partial charge on any atom is 0.248 e. The fourth-order valence-electron chi connectivity index (χ4n) is 3.76. The highest BCUT2D eigenvalue weighted by Gasteiger charge is 2.27. The normalized spacial score (nSPS) is 16.1. The molecule has 144 valence electrons. The summed E-state index contributed by atoms with van der Waals surface area (Å²) in [5.74, 6) is 1.24. The lowest BCUT2D eigenvalue weighted by molar-refractivity contribution is 0.694. The van der Waals surface area contributed by atoms with Gasteiger partial charge in [-0.05, 0) is 43.2 Å². The summed E-state index contributed by atoms with van der Waals surface area (Å²) < 4.78 is 1.74. The molecule has 7 nitrogen and oxygen atoms in total. The number of benzene rings is 1. The smallest absolute Gasteiger partial charge is 0.248 e. The first-order valence-electron chi connectivity index (χ1n) is 9.74. The van der Waals surface area contributed by atoms with Gasteiger partial charge in [-0.15, -0.1) is 5.10 Å². The van der Waals surface area contributed by atoms with Gasteiger partial charge in [-0.25, -0.2) is 9.67 Å². The number of hydrogen-bond acceptors (Lipinski definition) is 6. The Balaban J connectivity index is 1.36. The van der Waals surface area contributed by atoms with Gasteiger partial charge in [-0.3, -0.25) is 4.98 Å². The highest BCUT2D eigenvalue weighted by atomic mass is 15.4. The molecule has 0 saturated carbocycles. The molecular weight excluding hydrogens is 362 g/mol. The monoisotopic (exact) mass is 383 g/mol. The molecular formula is C22H21N7. The van der Waals surface area contributed by atoms with Crippen LogP contribution >= 0.6 is 0 Å². The maximum atomic E-state index is 4.56. The molecule has 1 aliphatic heterocycles. The zero-order valence-corrected chi connectivity index (χ0v) is 15.9. The molecule has 0 radical (unpaired) electrons. The van der Waals surface area contributed by atoms with E-state index in [0.29, 0.717) is 12.0 Å². The van der Waals surface area contributed by atoms with Crippen LogP contribution in [-0.4, -0.2) is 31.3 Å². The van der Waals surface area contributed by atoms with Gasteiger partial charge in [0.2, 0.25) is 5.95 Å². The minimum Gasteiger partial charge on any atom is -0.363 e. The Morgan fingerprint density at radius 1 is 0.862 bits per heavy atom. The molecule has 29 heavy (non-hydrogen) atoms. The zero-order chi connectivity index (χ0) is 19.5. The Morgan fingerprint density at radius 3 is 2.62 bits per heavy atom. The van der Waals surface area contributed by atoms with Crippen molar-refractivity contribution in [1.29, 1.82) is 0 Å². The Hall–Kier alpha value is -3.74. The lowest BCUT2D eigenvalue weighted by Crippen LogP contribution is -2.23. The lowest BCUT2D eigenvalue weighted by Gasteiger charge is -2.26. The lowest BCUT2D eigenvalue weighted by atomic mass is 10.1. The highest BCUT2D eigenvalue weighted by Crippen LogP contribution is 2.35. The topological polar surface area (TPSA) is 71.8 Å². The van der Waals surface area contributed by atoms with E-state index in [1.54, 1.807) is 11.0 Å². The second-order valence-corrected chi connectivity index (χ2v) is 6.98. The molecule has 0 aliphatic carbocycles. The number of nitrogens with zero attached hydrogens (tertiary/aromatic N) is 6. The quantitative estimate of drug-likeness (QED) is 0.558. The van der Waals surface area contributed by atoms with Gasteiger partial charge in [-0.2, -0.15) is 4.98 Å². The van der Waals surface area contributed by atoms with Gasteiger partial charge in [0.25, 0.3) is 0 Å². The third-order valence-corrected chi connectivity index (χ3v) is 5.11. The van der Waals surface area contributed by atoms with E-state index in [1.807, 2.05) is 67.0 Å². The van der Waals surface area contributed by atoms with Crippen molar-refractivity contribution in [3.8, 4) is 5.69 Å². The third-order valence-electron chi connectivity index (χ3n) is 5.11. The molecule has 1 unspecified atom stereocenters. The first-order valence-corrected chi connectivity index (χ1v) is 9.74. The van der Waals surface area contributed by atoms with Crippen molar-refractivity contribution in [3.63, 3.8) is 0 Å². The Morgan fingerprint density at radius 2 is 1.76 bits per heavy atom. The molecule has 4 aromatic rings. The van der Waals surface area contributed by atoms with E-state index >= 15 is 0 Å². The van der Waals surface area contributed by atoms with Crippen molar-refractivity contribution in [2.45, 2.75) is 18.9 Å². The van der Waals surface area contributed by atoms with E-state index in [4.69, 9.17) is 0 Å². The maximum absolute atomic E-state index is 4.56. The molecule has 1 saturated heterocycles. The number of hydrogen-bond donors (Lipinski definition) is 1. The summed E-state index contributed by atoms with van der Waals surface area (Å²) in [4.78, 5) is 15.8. The summed E-state index contributed by atoms with van der Waals surface area (Å²) in [6.45, 7) is 1.01. The van der Waals surface area contributed by atoms with Gasteiger partial charge in [0.05, 0.1) is 17.4 Å². The fraction of sp³-hybridized carbons (Fsp3) is 0.182. The summed E-state index contributed by atoms with van der Waals surface area (Å²) in [5.41, 5.74) is 3.20. The van der Waals surface area contributed by atoms with Crippen molar-refractivity contribution in [1.82, 2.24) is 24.7 Å². The van der Waals surface area contributed by atoms with E-state index in [0.717, 1.165) is 42.3 Å². The average Bonchev–Trinajstić information content (AvgIpc) is 3.45. The first-order chi connectivity index (χ1) is 14.4. The summed E-state index contributed by atoms with van der Waals surface area (Å²) in [7, 11) is 0. The molecule has 7 heteroatoms. The molecule has 1 fully saturated rings. The van der Waals surface area contributed by atoms with Crippen LogP contribution in [0.25, 0.3) is 5.69 Å². The van der Waals surface area contributed by atoms with Gasteiger partial charge in [0.15, 0.2) is 0 Å². The molecule has 1 N–H and O–H groups in total. The summed E-state index contributed by atoms with van der Waals surface area (Å²) in [5, 5.41) is 7.71. The summed E-state index contributed by atoms with van der Waals surface area (Å²) >= 11 is 0. The molecule has 0 bridgehead atoms. The number of rotatable bonds is 5. The number of pyridine rings is 2. The molecule has 0 spiro atoms.